The minimum atomic E-state index is 0. The Kier molecular flexibility index (Phi) is 4.62. The predicted octanol–water partition coefficient (Wildman–Crippen LogP) is 3.84. The van der Waals surface area contributed by atoms with Gasteiger partial charge in [-0.1, -0.05) is 6.07 Å². The SMILES string of the molecule is Cc1cc(C)cc(NC(N)=NCC2(C3CC3)CC2)c1.I. The molecule has 3 nitrogen and oxygen atoms in total. The third-order valence-electron chi connectivity index (χ3n) is 4.39. The van der Waals surface area contributed by atoms with E-state index in [0.717, 1.165) is 18.2 Å². The maximum atomic E-state index is 6.00. The summed E-state index contributed by atoms with van der Waals surface area (Å²) in [6.45, 7) is 5.09. The maximum Gasteiger partial charge on any atom is 0.193 e. The summed E-state index contributed by atoms with van der Waals surface area (Å²) >= 11 is 0. The van der Waals surface area contributed by atoms with Crippen molar-refractivity contribution in [1.82, 2.24) is 0 Å². The van der Waals surface area contributed by atoms with E-state index in [1.165, 1.54) is 36.8 Å². The van der Waals surface area contributed by atoms with Crippen molar-refractivity contribution in [2.75, 3.05) is 11.9 Å². The van der Waals surface area contributed by atoms with Crippen LogP contribution in [-0.2, 0) is 0 Å². The Balaban J connectivity index is 0.00000147. The van der Waals surface area contributed by atoms with Crippen molar-refractivity contribution in [3.8, 4) is 0 Å². The van der Waals surface area contributed by atoms with Crippen molar-refractivity contribution >= 4 is 35.6 Å². The molecule has 0 heterocycles. The number of benzene rings is 1. The normalized spacial score (nSPS) is 20.2. The third kappa shape index (κ3) is 3.65. The summed E-state index contributed by atoms with van der Waals surface area (Å²) in [5.74, 6) is 1.49. The molecular weight excluding hydrogens is 361 g/mol. The van der Waals surface area contributed by atoms with Crippen molar-refractivity contribution in [2.24, 2.45) is 22.1 Å². The average Bonchev–Trinajstić information content (AvgIpc) is 3.18. The number of aliphatic imine (C=N–C) groups is 1. The lowest BCUT2D eigenvalue weighted by atomic mass is 10.0. The second kappa shape index (κ2) is 5.92. The minimum Gasteiger partial charge on any atom is -0.370 e. The van der Waals surface area contributed by atoms with E-state index >= 15 is 0 Å². The van der Waals surface area contributed by atoms with Crippen molar-refractivity contribution < 1.29 is 0 Å². The van der Waals surface area contributed by atoms with Gasteiger partial charge < -0.3 is 11.1 Å². The Morgan fingerprint density at radius 1 is 1.25 bits per heavy atom. The smallest absolute Gasteiger partial charge is 0.193 e. The molecule has 0 aliphatic heterocycles. The fourth-order valence-electron chi connectivity index (χ4n) is 3.03. The van der Waals surface area contributed by atoms with Crippen LogP contribution < -0.4 is 11.1 Å². The van der Waals surface area contributed by atoms with Gasteiger partial charge in [0, 0.05) is 12.2 Å². The van der Waals surface area contributed by atoms with E-state index < -0.39 is 0 Å². The van der Waals surface area contributed by atoms with Gasteiger partial charge in [0.15, 0.2) is 5.96 Å². The standard InChI is InChI=1S/C16H23N3.HI/c1-11-7-12(2)9-14(8-11)19-15(17)18-10-16(5-6-16)13-3-4-13;/h7-9,13H,3-6,10H2,1-2H3,(H3,17,18,19);1H. The van der Waals surface area contributed by atoms with Crippen LogP contribution in [0.5, 0.6) is 0 Å². The molecule has 2 saturated carbocycles. The number of nitrogens with two attached hydrogens (primary N) is 1. The van der Waals surface area contributed by atoms with Gasteiger partial charge in [0.2, 0.25) is 0 Å². The van der Waals surface area contributed by atoms with E-state index in [0.29, 0.717) is 11.4 Å². The second-order valence-electron chi connectivity index (χ2n) is 6.34. The number of guanidine groups is 1. The van der Waals surface area contributed by atoms with E-state index in [4.69, 9.17) is 5.73 Å². The quantitative estimate of drug-likeness (QED) is 0.470. The first kappa shape index (κ1) is 15.6. The summed E-state index contributed by atoms with van der Waals surface area (Å²) in [7, 11) is 0. The largest absolute Gasteiger partial charge is 0.370 e. The number of anilines is 1. The van der Waals surface area contributed by atoms with Gasteiger partial charge in [-0.2, -0.15) is 0 Å². The Labute approximate surface area is 138 Å². The Hall–Kier alpha value is -0.780. The van der Waals surface area contributed by atoms with E-state index in [1.54, 1.807) is 0 Å². The van der Waals surface area contributed by atoms with E-state index in [2.05, 4.69) is 42.4 Å². The average molecular weight is 385 g/mol. The molecule has 0 saturated heterocycles. The summed E-state index contributed by atoms with van der Waals surface area (Å²) in [5, 5.41) is 3.21. The van der Waals surface area contributed by atoms with E-state index in [9.17, 15) is 0 Å². The monoisotopic (exact) mass is 385 g/mol. The van der Waals surface area contributed by atoms with E-state index in [1.807, 2.05) is 0 Å². The zero-order valence-electron chi connectivity index (χ0n) is 12.3. The van der Waals surface area contributed by atoms with Crippen LogP contribution in [0.1, 0.15) is 36.8 Å². The lowest BCUT2D eigenvalue weighted by molar-refractivity contribution is 0.454. The minimum absolute atomic E-state index is 0. The molecule has 0 radical (unpaired) electrons. The number of halogens is 1. The van der Waals surface area contributed by atoms with Gasteiger partial charge in [0.25, 0.3) is 0 Å². The molecule has 0 unspecified atom stereocenters. The van der Waals surface area contributed by atoms with Crippen LogP contribution in [0.25, 0.3) is 0 Å². The van der Waals surface area contributed by atoms with Crippen LogP contribution in [0.4, 0.5) is 5.69 Å². The molecule has 0 aromatic heterocycles. The first-order valence-corrected chi connectivity index (χ1v) is 7.23. The highest BCUT2D eigenvalue weighted by Gasteiger charge is 2.53. The second-order valence-corrected chi connectivity index (χ2v) is 6.34. The third-order valence-corrected chi connectivity index (χ3v) is 4.39. The molecule has 0 amide bonds. The van der Waals surface area contributed by atoms with Crippen LogP contribution in [0.2, 0.25) is 0 Å². The Morgan fingerprint density at radius 2 is 1.85 bits per heavy atom. The highest BCUT2D eigenvalue weighted by molar-refractivity contribution is 14.0. The molecule has 2 aliphatic rings. The molecule has 110 valence electrons. The molecule has 20 heavy (non-hydrogen) atoms. The molecule has 0 bridgehead atoms. The molecule has 0 spiro atoms. The van der Waals surface area contributed by atoms with Crippen molar-refractivity contribution in [3.63, 3.8) is 0 Å². The zero-order chi connectivity index (χ0) is 13.5. The number of nitrogens with one attached hydrogen (secondary N) is 1. The fourth-order valence-corrected chi connectivity index (χ4v) is 3.03. The number of aryl methyl sites for hydroxylation is 2. The molecular formula is C16H24IN3. The topological polar surface area (TPSA) is 50.4 Å². The molecule has 4 heteroatoms. The summed E-state index contributed by atoms with van der Waals surface area (Å²) in [4.78, 5) is 4.56. The molecule has 1 aromatic rings. The van der Waals surface area contributed by atoms with Crippen molar-refractivity contribution in [2.45, 2.75) is 39.5 Å². The molecule has 2 aliphatic carbocycles. The summed E-state index contributed by atoms with van der Waals surface area (Å²) in [6.07, 6.45) is 5.50. The number of hydrogen-bond acceptors (Lipinski definition) is 1. The number of rotatable bonds is 4. The van der Waals surface area contributed by atoms with E-state index in [-0.39, 0.29) is 24.0 Å². The van der Waals surface area contributed by atoms with Gasteiger partial charge in [-0.15, -0.1) is 24.0 Å². The lowest BCUT2D eigenvalue weighted by Crippen LogP contribution is -2.24. The Morgan fingerprint density at radius 3 is 2.35 bits per heavy atom. The van der Waals surface area contributed by atoms with Crippen molar-refractivity contribution in [1.29, 1.82) is 0 Å². The molecule has 3 rings (SSSR count). The van der Waals surface area contributed by atoms with Crippen LogP contribution in [0, 0.1) is 25.2 Å². The van der Waals surface area contributed by atoms with Gasteiger partial charge >= 0.3 is 0 Å². The maximum absolute atomic E-state index is 6.00. The van der Waals surface area contributed by atoms with Crippen LogP contribution >= 0.6 is 24.0 Å². The van der Waals surface area contributed by atoms with Crippen LogP contribution in [0.15, 0.2) is 23.2 Å². The van der Waals surface area contributed by atoms with Gasteiger partial charge in [0.05, 0.1) is 0 Å². The van der Waals surface area contributed by atoms with Crippen LogP contribution in [0.3, 0.4) is 0 Å². The highest BCUT2D eigenvalue weighted by atomic mass is 127. The van der Waals surface area contributed by atoms with Gasteiger partial charge in [0.1, 0.15) is 0 Å². The van der Waals surface area contributed by atoms with Crippen LogP contribution in [-0.4, -0.2) is 12.5 Å². The number of hydrogen-bond donors (Lipinski definition) is 2. The summed E-state index contributed by atoms with van der Waals surface area (Å²) < 4.78 is 0. The molecule has 1 aromatic carbocycles. The first-order valence-electron chi connectivity index (χ1n) is 7.23. The Bertz CT molecular complexity index is 496. The molecule has 0 atom stereocenters. The predicted molar refractivity (Wildman–Crippen MR) is 95.8 cm³/mol. The summed E-state index contributed by atoms with van der Waals surface area (Å²) in [5.41, 5.74) is 10.0. The van der Waals surface area contributed by atoms with Gasteiger partial charge in [-0.25, -0.2) is 0 Å². The van der Waals surface area contributed by atoms with Gasteiger partial charge in [-0.05, 0) is 74.1 Å². The highest BCUT2D eigenvalue weighted by Crippen LogP contribution is 2.61. The fraction of sp³-hybridized carbons (Fsp3) is 0.562. The first-order chi connectivity index (χ1) is 9.07. The van der Waals surface area contributed by atoms with Gasteiger partial charge in [-0.3, -0.25) is 4.99 Å². The van der Waals surface area contributed by atoms with Crippen molar-refractivity contribution in [3.05, 3.63) is 29.3 Å². The lowest BCUT2D eigenvalue weighted by Gasteiger charge is -2.12. The summed E-state index contributed by atoms with van der Waals surface area (Å²) in [6, 6.07) is 6.36. The zero-order valence-corrected chi connectivity index (χ0v) is 14.6. The molecule has 3 N–H and O–H groups in total. The molecule has 2 fully saturated rings. The number of nitrogens with zero attached hydrogens (tertiary/aromatic N) is 1.